The number of amides is 2. The van der Waals surface area contributed by atoms with Crippen LogP contribution in [-0.2, 0) is 15.0 Å². The van der Waals surface area contributed by atoms with E-state index < -0.39 is 17.3 Å². The molecule has 2 atom stereocenters. The van der Waals surface area contributed by atoms with E-state index in [-0.39, 0.29) is 23.5 Å². The smallest absolute Gasteiger partial charge is 0.239 e. The van der Waals surface area contributed by atoms with Gasteiger partial charge in [0, 0.05) is 16.9 Å². The van der Waals surface area contributed by atoms with Gasteiger partial charge in [-0.15, -0.1) is 0 Å². The molecule has 5 nitrogen and oxygen atoms in total. The van der Waals surface area contributed by atoms with Gasteiger partial charge in [0.05, 0.1) is 24.6 Å². The van der Waals surface area contributed by atoms with Crippen molar-refractivity contribution < 1.29 is 19.1 Å². The Morgan fingerprint density at radius 3 is 2.09 bits per heavy atom. The number of ketones is 1. The lowest BCUT2D eigenvalue weighted by Crippen LogP contribution is -2.51. The van der Waals surface area contributed by atoms with Crippen molar-refractivity contribution in [1.82, 2.24) is 0 Å². The van der Waals surface area contributed by atoms with E-state index in [9.17, 15) is 14.4 Å². The van der Waals surface area contributed by atoms with Gasteiger partial charge in [0.15, 0.2) is 5.78 Å². The number of hydrogen-bond acceptors (Lipinski definition) is 4. The minimum Gasteiger partial charge on any atom is -0.495 e. The van der Waals surface area contributed by atoms with Crippen LogP contribution >= 0.6 is 0 Å². The van der Waals surface area contributed by atoms with Crippen molar-refractivity contribution in [2.75, 3.05) is 12.0 Å². The predicted octanol–water partition coefficient (Wildman–Crippen LogP) is 4.47. The first-order valence-corrected chi connectivity index (χ1v) is 11.1. The first kappa shape index (κ1) is 19.9. The van der Waals surface area contributed by atoms with Crippen LogP contribution in [0.5, 0.6) is 5.75 Å². The maximum absolute atomic E-state index is 14.1. The Balaban J connectivity index is 1.59. The third kappa shape index (κ3) is 2.34. The highest BCUT2D eigenvalue weighted by Gasteiger charge is 2.66. The van der Waals surface area contributed by atoms with Crippen molar-refractivity contribution in [1.29, 1.82) is 0 Å². The minimum absolute atomic E-state index is 0.137. The van der Waals surface area contributed by atoms with Crippen LogP contribution in [0.25, 0.3) is 0 Å². The summed E-state index contributed by atoms with van der Waals surface area (Å²) in [4.78, 5) is 41.4. The van der Waals surface area contributed by atoms with Crippen LogP contribution in [0.15, 0.2) is 66.7 Å². The van der Waals surface area contributed by atoms with Gasteiger partial charge in [-0.1, -0.05) is 55.5 Å². The fraction of sp³-hybridized carbons (Fsp3) is 0.250. The summed E-state index contributed by atoms with van der Waals surface area (Å²) in [5.41, 5.74) is 4.61. The highest BCUT2D eigenvalue weighted by molar-refractivity contribution is 6.24. The van der Waals surface area contributed by atoms with Gasteiger partial charge in [-0.3, -0.25) is 14.4 Å². The fourth-order valence-electron chi connectivity index (χ4n) is 6.47. The number of rotatable bonds is 3. The lowest BCUT2D eigenvalue weighted by Gasteiger charge is -2.52. The number of carbonyl (C=O) groups is 3. The Hall–Kier alpha value is -3.73. The largest absolute Gasteiger partial charge is 0.495 e. The van der Waals surface area contributed by atoms with Crippen LogP contribution in [0.2, 0.25) is 0 Å². The zero-order valence-electron chi connectivity index (χ0n) is 18.7. The van der Waals surface area contributed by atoms with E-state index in [0.29, 0.717) is 17.0 Å². The van der Waals surface area contributed by atoms with Gasteiger partial charge in [-0.2, -0.15) is 0 Å². The monoisotopic (exact) mass is 437 g/mol. The highest BCUT2D eigenvalue weighted by atomic mass is 16.5. The van der Waals surface area contributed by atoms with Gasteiger partial charge < -0.3 is 4.74 Å². The Labute approximate surface area is 192 Å². The van der Waals surface area contributed by atoms with Crippen LogP contribution in [0.1, 0.15) is 52.4 Å². The summed E-state index contributed by atoms with van der Waals surface area (Å²) in [7, 11) is 1.50. The summed E-state index contributed by atoms with van der Waals surface area (Å²) >= 11 is 0. The van der Waals surface area contributed by atoms with Gasteiger partial charge in [-0.05, 0) is 47.4 Å². The normalized spacial score (nSPS) is 26.6. The number of hydrogen-bond donors (Lipinski definition) is 0. The first-order chi connectivity index (χ1) is 15.9. The molecule has 164 valence electrons. The van der Waals surface area contributed by atoms with E-state index in [4.69, 9.17) is 4.74 Å². The predicted molar refractivity (Wildman–Crippen MR) is 124 cm³/mol. The zero-order chi connectivity index (χ0) is 23.1. The third-order valence-electron chi connectivity index (χ3n) is 7.87. The average Bonchev–Trinajstić information content (AvgIpc) is 3.10. The van der Waals surface area contributed by atoms with Gasteiger partial charge in [0.2, 0.25) is 11.8 Å². The number of anilines is 1. The third-order valence-corrected chi connectivity index (χ3v) is 7.87. The number of Topliss-reactive ketones (excluding diaryl/α,β-unsaturated/α-hetero) is 1. The van der Waals surface area contributed by atoms with Crippen molar-refractivity contribution in [2.45, 2.75) is 25.2 Å². The van der Waals surface area contributed by atoms with Crippen molar-refractivity contribution in [3.8, 4) is 5.75 Å². The molecule has 3 aromatic carbocycles. The average molecular weight is 437 g/mol. The molecule has 0 unspecified atom stereocenters. The Bertz CT molecular complexity index is 1330. The molecular weight excluding hydrogens is 414 g/mol. The number of carbonyl (C=O) groups excluding carboxylic acids is 3. The van der Waals surface area contributed by atoms with Crippen LogP contribution in [0.4, 0.5) is 5.69 Å². The SMILES string of the molecule is COc1ccc(C(C)=O)cc1N1C(=O)[C@@H]2C3c4ccccc4C(C)(c4ccccc43)[C@@H]2C1=O. The summed E-state index contributed by atoms with van der Waals surface area (Å²) < 4.78 is 5.50. The summed E-state index contributed by atoms with van der Waals surface area (Å²) in [6.07, 6.45) is 0. The summed E-state index contributed by atoms with van der Waals surface area (Å²) in [5, 5.41) is 0. The van der Waals surface area contributed by atoms with Crippen molar-refractivity contribution in [3.63, 3.8) is 0 Å². The summed E-state index contributed by atoms with van der Waals surface area (Å²) in [6.45, 7) is 3.56. The Morgan fingerprint density at radius 1 is 0.909 bits per heavy atom. The molecule has 1 heterocycles. The lowest BCUT2D eigenvalue weighted by molar-refractivity contribution is -0.123. The van der Waals surface area contributed by atoms with E-state index in [1.807, 2.05) is 24.3 Å². The molecule has 33 heavy (non-hydrogen) atoms. The molecule has 3 aliphatic carbocycles. The summed E-state index contributed by atoms with van der Waals surface area (Å²) in [6, 6.07) is 21.2. The molecule has 0 spiro atoms. The lowest BCUT2D eigenvalue weighted by atomic mass is 9.48. The number of nitrogens with zero attached hydrogens (tertiary/aromatic N) is 1. The van der Waals surface area contributed by atoms with E-state index in [0.717, 1.165) is 22.3 Å². The molecule has 0 N–H and O–H groups in total. The molecule has 0 saturated carbocycles. The molecule has 5 heteroatoms. The standard InChI is InChI=1S/C28H23NO4/c1-15(30)16-12-13-22(33-3)21(14-16)29-26(31)24-23-17-8-4-6-10-19(17)28(2,25(24)27(29)32)20-11-7-5-9-18(20)23/h4-14,23-25H,1-3H3/t23?,24-,25+,28?/m1/s1. The molecule has 1 saturated heterocycles. The fourth-order valence-corrected chi connectivity index (χ4v) is 6.47. The Kier molecular flexibility index (Phi) is 4.01. The van der Waals surface area contributed by atoms with Gasteiger partial charge in [0.25, 0.3) is 0 Å². The molecule has 2 amide bonds. The topological polar surface area (TPSA) is 63.7 Å². The number of imide groups is 1. The molecule has 1 aliphatic heterocycles. The Morgan fingerprint density at radius 2 is 1.52 bits per heavy atom. The van der Waals surface area contributed by atoms with E-state index in [1.165, 1.54) is 18.9 Å². The molecule has 1 fully saturated rings. The molecule has 0 radical (unpaired) electrons. The van der Waals surface area contributed by atoms with E-state index in [2.05, 4.69) is 31.2 Å². The van der Waals surface area contributed by atoms with Crippen molar-refractivity contribution in [2.24, 2.45) is 11.8 Å². The zero-order valence-corrected chi connectivity index (χ0v) is 18.7. The van der Waals surface area contributed by atoms with Gasteiger partial charge in [-0.25, -0.2) is 4.90 Å². The van der Waals surface area contributed by atoms with Crippen LogP contribution in [-0.4, -0.2) is 24.7 Å². The van der Waals surface area contributed by atoms with Crippen LogP contribution < -0.4 is 9.64 Å². The molecule has 2 bridgehead atoms. The first-order valence-electron chi connectivity index (χ1n) is 11.1. The number of ether oxygens (including phenoxy) is 1. The molecule has 4 aliphatic rings. The molecular formula is C28H23NO4. The van der Waals surface area contributed by atoms with Crippen LogP contribution in [0, 0.1) is 11.8 Å². The number of benzene rings is 3. The van der Waals surface area contributed by atoms with Crippen molar-refractivity contribution in [3.05, 3.63) is 94.5 Å². The summed E-state index contributed by atoms with van der Waals surface area (Å²) in [5.74, 6) is -1.42. The number of methoxy groups -OCH3 is 1. The second-order valence-corrected chi connectivity index (χ2v) is 9.31. The minimum atomic E-state index is -0.625. The second kappa shape index (κ2) is 6.64. The molecule has 3 aromatic rings. The maximum atomic E-state index is 14.1. The quantitative estimate of drug-likeness (QED) is 0.448. The van der Waals surface area contributed by atoms with Gasteiger partial charge in [0.1, 0.15) is 5.75 Å². The second-order valence-electron chi connectivity index (χ2n) is 9.31. The highest BCUT2D eigenvalue weighted by Crippen LogP contribution is 2.64. The molecule has 0 aromatic heterocycles. The molecule has 7 rings (SSSR count). The van der Waals surface area contributed by atoms with Crippen LogP contribution in [0.3, 0.4) is 0 Å². The maximum Gasteiger partial charge on any atom is 0.239 e. The van der Waals surface area contributed by atoms with E-state index >= 15 is 0 Å². The van der Waals surface area contributed by atoms with Crippen molar-refractivity contribution >= 4 is 23.3 Å². The van der Waals surface area contributed by atoms with Gasteiger partial charge >= 0.3 is 0 Å². The van der Waals surface area contributed by atoms with E-state index in [1.54, 1.807) is 18.2 Å².